The van der Waals surface area contributed by atoms with Gasteiger partial charge in [0.25, 0.3) is 0 Å². The van der Waals surface area contributed by atoms with Crippen LogP contribution in [0.3, 0.4) is 0 Å². The number of nitrogens with two attached hydrogens (primary N) is 1. The molecule has 6 nitrogen and oxygen atoms in total. The van der Waals surface area contributed by atoms with Crippen LogP contribution in [0.1, 0.15) is 19.3 Å². The van der Waals surface area contributed by atoms with Crippen molar-refractivity contribution in [2.45, 2.75) is 19.3 Å². The van der Waals surface area contributed by atoms with E-state index in [9.17, 15) is 9.59 Å². The highest BCUT2D eigenvalue weighted by Crippen LogP contribution is 2.31. The van der Waals surface area contributed by atoms with Crippen LogP contribution in [0, 0.1) is 11.8 Å². The molecule has 2 atom stereocenters. The van der Waals surface area contributed by atoms with E-state index in [1.54, 1.807) is 24.3 Å². The molecule has 0 bridgehead atoms. The lowest BCUT2D eigenvalue weighted by Gasteiger charge is -2.17. The minimum atomic E-state index is -0.776. The minimum absolute atomic E-state index is 0.00590. The highest BCUT2D eigenvalue weighted by Gasteiger charge is 2.32. The van der Waals surface area contributed by atoms with Crippen LogP contribution in [0.25, 0.3) is 0 Å². The van der Waals surface area contributed by atoms with Gasteiger partial charge in [-0.1, -0.05) is 18.6 Å². The van der Waals surface area contributed by atoms with Gasteiger partial charge in [0.15, 0.2) is 0 Å². The number of benzene rings is 1. The largest absolute Gasteiger partial charge is 0.481 e. The Kier molecular flexibility index (Phi) is 4.45. The molecule has 0 saturated heterocycles. The average molecular weight is 277 g/mol. The van der Waals surface area contributed by atoms with E-state index in [4.69, 9.17) is 10.8 Å². The molecule has 5 N–H and O–H groups in total. The number of rotatable bonds is 4. The Labute approximate surface area is 117 Å². The van der Waals surface area contributed by atoms with Crippen LogP contribution in [0.2, 0.25) is 0 Å². The van der Waals surface area contributed by atoms with E-state index < -0.39 is 5.97 Å². The first-order chi connectivity index (χ1) is 9.58. The molecular weight excluding hydrogens is 258 g/mol. The Morgan fingerprint density at radius 1 is 1.30 bits per heavy atom. The Balaban J connectivity index is 1.84. The quantitative estimate of drug-likeness (QED) is 0.631. The molecule has 1 aliphatic rings. The fourth-order valence-corrected chi connectivity index (χ4v) is 2.61. The van der Waals surface area contributed by atoms with Crippen LogP contribution in [-0.4, -0.2) is 23.7 Å². The molecule has 1 saturated carbocycles. The highest BCUT2D eigenvalue weighted by molar-refractivity contribution is 5.92. The van der Waals surface area contributed by atoms with E-state index in [1.165, 1.54) is 0 Å². The molecule has 6 heteroatoms. The van der Waals surface area contributed by atoms with Crippen LogP contribution in [0.4, 0.5) is 16.2 Å². The third-order valence-electron chi connectivity index (χ3n) is 3.71. The van der Waals surface area contributed by atoms with Crippen LogP contribution in [-0.2, 0) is 4.79 Å². The number of urea groups is 1. The van der Waals surface area contributed by atoms with Gasteiger partial charge in [0.1, 0.15) is 0 Å². The highest BCUT2D eigenvalue weighted by atomic mass is 16.4. The molecule has 0 spiro atoms. The third-order valence-corrected chi connectivity index (χ3v) is 3.71. The van der Waals surface area contributed by atoms with Crippen molar-refractivity contribution in [1.29, 1.82) is 0 Å². The standard InChI is InChI=1S/C14H19N3O3/c15-11-6-1-2-7-12(11)17-14(20)16-8-9-4-3-5-10(9)13(18)19/h1-2,6-7,9-10H,3-5,8,15H2,(H,18,19)(H2,16,17,20). The van der Waals surface area contributed by atoms with Crippen LogP contribution in [0.5, 0.6) is 0 Å². The molecule has 1 aromatic rings. The Morgan fingerprint density at radius 2 is 2.05 bits per heavy atom. The number of para-hydroxylation sites is 2. The molecule has 2 amide bonds. The molecule has 108 valence electrons. The predicted octanol–water partition coefficient (Wildman–Crippen LogP) is 1.89. The van der Waals surface area contributed by atoms with E-state index >= 15 is 0 Å². The van der Waals surface area contributed by atoms with E-state index in [0.29, 0.717) is 24.3 Å². The maximum atomic E-state index is 11.8. The first kappa shape index (κ1) is 14.2. The zero-order valence-corrected chi connectivity index (χ0v) is 11.1. The van der Waals surface area contributed by atoms with Crippen molar-refractivity contribution in [2.24, 2.45) is 11.8 Å². The Hall–Kier alpha value is -2.24. The minimum Gasteiger partial charge on any atom is -0.481 e. The van der Waals surface area contributed by atoms with Gasteiger partial charge in [0.2, 0.25) is 0 Å². The van der Waals surface area contributed by atoms with Crippen LogP contribution in [0.15, 0.2) is 24.3 Å². The molecular formula is C14H19N3O3. The van der Waals surface area contributed by atoms with Crippen molar-refractivity contribution in [2.75, 3.05) is 17.6 Å². The van der Waals surface area contributed by atoms with Crippen molar-refractivity contribution in [1.82, 2.24) is 5.32 Å². The molecule has 2 rings (SSSR count). The number of hydrogen-bond acceptors (Lipinski definition) is 3. The van der Waals surface area contributed by atoms with Gasteiger partial charge in [-0.15, -0.1) is 0 Å². The van der Waals surface area contributed by atoms with Crippen molar-refractivity contribution in [3.8, 4) is 0 Å². The summed E-state index contributed by atoms with van der Waals surface area (Å²) in [5.74, 6) is -1.12. The summed E-state index contributed by atoms with van der Waals surface area (Å²) in [5, 5.41) is 14.4. The molecule has 0 heterocycles. The molecule has 1 fully saturated rings. The smallest absolute Gasteiger partial charge is 0.319 e. The van der Waals surface area contributed by atoms with Gasteiger partial charge in [-0.25, -0.2) is 4.79 Å². The predicted molar refractivity (Wildman–Crippen MR) is 76.3 cm³/mol. The molecule has 1 aromatic carbocycles. The van der Waals surface area contributed by atoms with Gasteiger partial charge in [-0.05, 0) is 30.9 Å². The van der Waals surface area contributed by atoms with Crippen molar-refractivity contribution in [3.05, 3.63) is 24.3 Å². The van der Waals surface area contributed by atoms with E-state index in [0.717, 1.165) is 12.8 Å². The second kappa shape index (κ2) is 6.27. The summed E-state index contributed by atoms with van der Waals surface area (Å²) in [5.41, 5.74) is 6.77. The van der Waals surface area contributed by atoms with Crippen LogP contribution < -0.4 is 16.4 Å². The monoisotopic (exact) mass is 277 g/mol. The number of aliphatic carboxylic acids is 1. The van der Waals surface area contributed by atoms with E-state index in [2.05, 4.69) is 10.6 Å². The second-order valence-corrected chi connectivity index (χ2v) is 5.06. The first-order valence-corrected chi connectivity index (χ1v) is 6.70. The summed E-state index contributed by atoms with van der Waals surface area (Å²) in [4.78, 5) is 22.8. The number of hydrogen-bond donors (Lipinski definition) is 4. The SMILES string of the molecule is Nc1ccccc1NC(=O)NCC1CCCC1C(=O)O. The van der Waals surface area contributed by atoms with Crippen LogP contribution >= 0.6 is 0 Å². The summed E-state index contributed by atoms with van der Waals surface area (Å²) in [6.07, 6.45) is 2.43. The number of nitrogens with one attached hydrogen (secondary N) is 2. The van der Waals surface area contributed by atoms with Gasteiger partial charge < -0.3 is 21.5 Å². The van der Waals surface area contributed by atoms with Crippen molar-refractivity contribution >= 4 is 23.4 Å². The van der Waals surface area contributed by atoms with Gasteiger partial charge in [0, 0.05) is 6.54 Å². The van der Waals surface area contributed by atoms with Gasteiger partial charge in [-0.3, -0.25) is 4.79 Å². The summed E-state index contributed by atoms with van der Waals surface area (Å²) in [6, 6.07) is 6.62. The fraction of sp³-hybridized carbons (Fsp3) is 0.429. The number of carbonyl (C=O) groups excluding carboxylic acids is 1. The number of nitrogen functional groups attached to an aromatic ring is 1. The lowest BCUT2D eigenvalue weighted by atomic mass is 9.96. The lowest BCUT2D eigenvalue weighted by Crippen LogP contribution is -2.35. The van der Waals surface area contributed by atoms with E-state index in [-0.39, 0.29) is 17.9 Å². The average Bonchev–Trinajstić information content (AvgIpc) is 2.88. The van der Waals surface area contributed by atoms with Gasteiger partial charge in [-0.2, -0.15) is 0 Å². The molecule has 0 radical (unpaired) electrons. The molecule has 0 aliphatic heterocycles. The summed E-state index contributed by atoms with van der Waals surface area (Å²) in [7, 11) is 0. The number of amides is 2. The first-order valence-electron chi connectivity index (χ1n) is 6.70. The van der Waals surface area contributed by atoms with E-state index in [1.807, 2.05) is 0 Å². The number of anilines is 2. The fourth-order valence-electron chi connectivity index (χ4n) is 2.61. The summed E-state index contributed by atoms with van der Waals surface area (Å²) >= 11 is 0. The zero-order valence-electron chi connectivity index (χ0n) is 11.1. The number of carboxylic acids is 1. The lowest BCUT2D eigenvalue weighted by molar-refractivity contribution is -0.142. The van der Waals surface area contributed by atoms with Crippen molar-refractivity contribution in [3.63, 3.8) is 0 Å². The summed E-state index contributed by atoms with van der Waals surface area (Å²) in [6.45, 7) is 0.371. The molecule has 2 unspecified atom stereocenters. The number of carbonyl (C=O) groups is 2. The second-order valence-electron chi connectivity index (χ2n) is 5.06. The molecule has 1 aliphatic carbocycles. The maximum absolute atomic E-state index is 11.8. The summed E-state index contributed by atoms with van der Waals surface area (Å²) < 4.78 is 0. The normalized spacial score (nSPS) is 21.4. The zero-order chi connectivity index (χ0) is 14.5. The van der Waals surface area contributed by atoms with Gasteiger partial charge >= 0.3 is 12.0 Å². The Bertz CT molecular complexity index is 504. The van der Waals surface area contributed by atoms with Crippen molar-refractivity contribution < 1.29 is 14.7 Å². The maximum Gasteiger partial charge on any atom is 0.319 e. The third kappa shape index (κ3) is 3.40. The molecule has 0 aromatic heterocycles. The Morgan fingerprint density at radius 3 is 2.75 bits per heavy atom. The number of carboxylic acid groups (broad SMARTS) is 1. The molecule has 20 heavy (non-hydrogen) atoms. The van der Waals surface area contributed by atoms with Gasteiger partial charge in [0.05, 0.1) is 17.3 Å². The topological polar surface area (TPSA) is 104 Å².